The van der Waals surface area contributed by atoms with Crippen LogP contribution in [0.15, 0.2) is 18.2 Å². The predicted octanol–water partition coefficient (Wildman–Crippen LogP) is 1.84. The molecule has 0 bridgehead atoms. The number of hydrogen-bond donors (Lipinski definition) is 1. The smallest absolute Gasteiger partial charge is 0.0587 e. The van der Waals surface area contributed by atoms with Crippen molar-refractivity contribution in [3.8, 4) is 0 Å². The first-order valence-electron chi connectivity index (χ1n) is 7.03. The Hall–Kier alpha value is -0.970. The van der Waals surface area contributed by atoms with Crippen molar-refractivity contribution in [1.29, 1.82) is 0 Å². The molecule has 0 atom stereocenters. The van der Waals surface area contributed by atoms with Crippen molar-refractivity contribution >= 4 is 0 Å². The van der Waals surface area contributed by atoms with Crippen molar-refractivity contribution in [3.05, 3.63) is 29.6 Å². The zero-order valence-corrected chi connectivity index (χ0v) is 12.5. The topological polar surface area (TPSA) is 37.4 Å². The summed E-state index contributed by atoms with van der Waals surface area (Å²) >= 11 is 0. The van der Waals surface area contributed by atoms with E-state index in [0.29, 0.717) is 0 Å². The number of pyridine rings is 1. The van der Waals surface area contributed by atoms with Crippen LogP contribution in [0, 0.1) is 6.92 Å². The normalized spacial score (nSPS) is 11.2. The van der Waals surface area contributed by atoms with Gasteiger partial charge in [-0.25, -0.2) is 0 Å². The fraction of sp³-hybridized carbons (Fsp3) is 0.667. The van der Waals surface area contributed by atoms with Crippen LogP contribution in [0.4, 0.5) is 0 Å². The molecule has 1 aromatic rings. The van der Waals surface area contributed by atoms with Crippen molar-refractivity contribution in [2.75, 3.05) is 40.4 Å². The minimum Gasteiger partial charge on any atom is -0.383 e. The summed E-state index contributed by atoms with van der Waals surface area (Å²) in [5, 5.41) is 3.36. The molecule has 0 aliphatic carbocycles. The molecule has 1 N–H and O–H groups in total. The summed E-state index contributed by atoms with van der Waals surface area (Å²) in [5.74, 6) is 0. The van der Waals surface area contributed by atoms with Crippen LogP contribution in [0.3, 0.4) is 0 Å². The molecule has 0 radical (unpaired) electrons. The van der Waals surface area contributed by atoms with Crippen molar-refractivity contribution in [1.82, 2.24) is 15.2 Å². The second kappa shape index (κ2) is 9.89. The molecule has 4 heteroatoms. The molecule has 0 amide bonds. The quantitative estimate of drug-likeness (QED) is 0.655. The molecule has 19 heavy (non-hydrogen) atoms. The number of nitrogens with one attached hydrogen (secondary N) is 1. The minimum absolute atomic E-state index is 0.791. The predicted molar refractivity (Wildman–Crippen MR) is 79.3 cm³/mol. The van der Waals surface area contributed by atoms with Gasteiger partial charge in [-0.05, 0) is 52.0 Å². The molecule has 0 fully saturated rings. The van der Waals surface area contributed by atoms with Crippen LogP contribution < -0.4 is 5.32 Å². The Balaban J connectivity index is 2.06. The zero-order valence-electron chi connectivity index (χ0n) is 12.5. The molecule has 0 saturated heterocycles. The number of methoxy groups -OCH3 is 1. The van der Waals surface area contributed by atoms with E-state index in [4.69, 9.17) is 4.74 Å². The van der Waals surface area contributed by atoms with Gasteiger partial charge in [-0.2, -0.15) is 0 Å². The molecule has 0 saturated carbocycles. The fourth-order valence-corrected chi connectivity index (χ4v) is 1.97. The third-order valence-electron chi connectivity index (χ3n) is 3.00. The highest BCUT2D eigenvalue weighted by Gasteiger charge is 2.01. The van der Waals surface area contributed by atoms with Gasteiger partial charge in [0.15, 0.2) is 0 Å². The Labute approximate surface area is 117 Å². The standard InChI is InChI=1S/C15H27N3O/c1-14-7-6-8-15(17-14)13-18(2)11-5-4-9-16-10-12-19-3/h6-8,16H,4-5,9-13H2,1-3H3. The van der Waals surface area contributed by atoms with E-state index in [2.05, 4.69) is 34.4 Å². The van der Waals surface area contributed by atoms with Crippen LogP contribution in [0.2, 0.25) is 0 Å². The summed E-state index contributed by atoms with van der Waals surface area (Å²) in [7, 11) is 3.89. The molecule has 1 aromatic heterocycles. The van der Waals surface area contributed by atoms with Crippen LogP contribution in [-0.2, 0) is 11.3 Å². The lowest BCUT2D eigenvalue weighted by Gasteiger charge is -2.16. The first-order valence-corrected chi connectivity index (χ1v) is 7.03. The van der Waals surface area contributed by atoms with E-state index in [0.717, 1.165) is 44.2 Å². The Kier molecular flexibility index (Phi) is 8.38. The number of rotatable bonds is 10. The molecule has 0 unspecified atom stereocenters. The number of nitrogens with zero attached hydrogens (tertiary/aromatic N) is 2. The van der Waals surface area contributed by atoms with Gasteiger partial charge >= 0.3 is 0 Å². The van der Waals surface area contributed by atoms with E-state index in [-0.39, 0.29) is 0 Å². The average Bonchev–Trinajstić information content (AvgIpc) is 2.37. The first kappa shape index (κ1) is 16.1. The number of aromatic nitrogens is 1. The number of aryl methyl sites for hydroxylation is 1. The SMILES string of the molecule is COCCNCCCCN(C)Cc1cccc(C)n1. The van der Waals surface area contributed by atoms with Gasteiger partial charge in [0.2, 0.25) is 0 Å². The fourth-order valence-electron chi connectivity index (χ4n) is 1.97. The summed E-state index contributed by atoms with van der Waals surface area (Å²) < 4.78 is 4.98. The molecule has 1 heterocycles. The van der Waals surface area contributed by atoms with Gasteiger partial charge in [0, 0.05) is 25.9 Å². The maximum atomic E-state index is 4.98. The molecule has 0 aliphatic rings. The van der Waals surface area contributed by atoms with Gasteiger partial charge in [0.25, 0.3) is 0 Å². The number of ether oxygens (including phenoxy) is 1. The Morgan fingerprint density at radius 1 is 1.26 bits per heavy atom. The van der Waals surface area contributed by atoms with Crippen LogP contribution in [-0.4, -0.2) is 50.3 Å². The van der Waals surface area contributed by atoms with E-state index >= 15 is 0 Å². The van der Waals surface area contributed by atoms with Crippen LogP contribution in [0.5, 0.6) is 0 Å². The Morgan fingerprint density at radius 3 is 2.84 bits per heavy atom. The van der Waals surface area contributed by atoms with E-state index < -0.39 is 0 Å². The van der Waals surface area contributed by atoms with E-state index in [9.17, 15) is 0 Å². The van der Waals surface area contributed by atoms with Crippen LogP contribution in [0.25, 0.3) is 0 Å². The lowest BCUT2D eigenvalue weighted by Crippen LogP contribution is -2.23. The monoisotopic (exact) mass is 265 g/mol. The number of unbranched alkanes of at least 4 members (excludes halogenated alkanes) is 1. The van der Waals surface area contributed by atoms with Crippen LogP contribution in [0.1, 0.15) is 24.2 Å². The van der Waals surface area contributed by atoms with Crippen molar-refractivity contribution in [2.24, 2.45) is 0 Å². The van der Waals surface area contributed by atoms with Gasteiger partial charge in [-0.1, -0.05) is 6.07 Å². The highest BCUT2D eigenvalue weighted by molar-refractivity contribution is 5.09. The zero-order chi connectivity index (χ0) is 13.9. The minimum atomic E-state index is 0.791. The van der Waals surface area contributed by atoms with Crippen molar-refractivity contribution < 1.29 is 4.74 Å². The average molecular weight is 265 g/mol. The summed E-state index contributed by atoms with van der Waals surface area (Å²) in [4.78, 5) is 6.85. The van der Waals surface area contributed by atoms with Gasteiger partial charge in [0.05, 0.1) is 12.3 Å². The molecule has 0 aromatic carbocycles. The highest BCUT2D eigenvalue weighted by atomic mass is 16.5. The third kappa shape index (κ3) is 7.93. The Bertz CT molecular complexity index is 344. The van der Waals surface area contributed by atoms with Gasteiger partial charge in [-0.15, -0.1) is 0 Å². The third-order valence-corrected chi connectivity index (χ3v) is 3.00. The molecular formula is C15H27N3O. The van der Waals surface area contributed by atoms with Gasteiger partial charge in [0.1, 0.15) is 0 Å². The van der Waals surface area contributed by atoms with Gasteiger partial charge < -0.3 is 15.0 Å². The molecule has 108 valence electrons. The van der Waals surface area contributed by atoms with Crippen LogP contribution >= 0.6 is 0 Å². The molecule has 0 spiro atoms. The summed E-state index contributed by atoms with van der Waals surface area (Å²) in [6, 6.07) is 6.20. The Morgan fingerprint density at radius 2 is 2.11 bits per heavy atom. The summed E-state index contributed by atoms with van der Waals surface area (Å²) in [5.41, 5.74) is 2.24. The first-order chi connectivity index (χ1) is 9.22. The molecule has 0 aliphatic heterocycles. The summed E-state index contributed by atoms with van der Waals surface area (Å²) in [6.07, 6.45) is 2.41. The second-order valence-corrected chi connectivity index (χ2v) is 4.96. The summed E-state index contributed by atoms with van der Waals surface area (Å²) in [6.45, 7) is 6.88. The van der Waals surface area contributed by atoms with Gasteiger partial charge in [-0.3, -0.25) is 4.98 Å². The largest absolute Gasteiger partial charge is 0.383 e. The van der Waals surface area contributed by atoms with Crippen molar-refractivity contribution in [3.63, 3.8) is 0 Å². The molecule has 4 nitrogen and oxygen atoms in total. The number of hydrogen-bond acceptors (Lipinski definition) is 4. The van der Waals surface area contributed by atoms with E-state index in [1.807, 2.05) is 13.0 Å². The van der Waals surface area contributed by atoms with E-state index in [1.54, 1.807) is 7.11 Å². The highest BCUT2D eigenvalue weighted by Crippen LogP contribution is 2.02. The molecular weight excluding hydrogens is 238 g/mol. The second-order valence-electron chi connectivity index (χ2n) is 4.96. The molecule has 1 rings (SSSR count). The maximum absolute atomic E-state index is 4.98. The maximum Gasteiger partial charge on any atom is 0.0587 e. The van der Waals surface area contributed by atoms with Crippen molar-refractivity contribution in [2.45, 2.75) is 26.3 Å². The lowest BCUT2D eigenvalue weighted by molar-refractivity contribution is 0.199. The lowest BCUT2D eigenvalue weighted by atomic mass is 10.2. The van der Waals surface area contributed by atoms with E-state index in [1.165, 1.54) is 12.8 Å².